The van der Waals surface area contributed by atoms with Crippen LogP contribution >= 0.6 is 11.3 Å². The number of hydrogen-bond donors (Lipinski definition) is 1. The van der Waals surface area contributed by atoms with Crippen molar-refractivity contribution in [1.29, 1.82) is 5.26 Å². The van der Waals surface area contributed by atoms with Crippen LogP contribution in [0.5, 0.6) is 11.5 Å². The Hall–Kier alpha value is -2.52. The van der Waals surface area contributed by atoms with Gasteiger partial charge in [-0.25, -0.2) is 0 Å². The van der Waals surface area contributed by atoms with E-state index >= 15 is 0 Å². The van der Waals surface area contributed by atoms with Gasteiger partial charge in [0.05, 0.1) is 5.56 Å². The molecule has 1 N–H and O–H groups in total. The minimum Gasteiger partial charge on any atom is -0.454 e. The number of fused-ring (bicyclic) bond motifs is 1. The van der Waals surface area contributed by atoms with E-state index in [1.807, 2.05) is 23.6 Å². The summed E-state index contributed by atoms with van der Waals surface area (Å²) >= 11 is 1.33. The number of carbonyl (C=O) groups excluding carboxylic acids is 1. The number of nitrogens with zero attached hydrogens (tertiary/aromatic N) is 1. The molecule has 0 saturated heterocycles. The van der Waals surface area contributed by atoms with Crippen molar-refractivity contribution in [3.63, 3.8) is 0 Å². The zero-order valence-electron chi connectivity index (χ0n) is 10.6. The topological polar surface area (TPSA) is 71.3 Å². The molecule has 1 aromatic carbocycles. The number of nitriles is 1. The molecule has 3 rings (SSSR count). The van der Waals surface area contributed by atoms with Crippen LogP contribution < -0.4 is 14.8 Å². The lowest BCUT2D eigenvalue weighted by Gasteiger charge is -2.03. The van der Waals surface area contributed by atoms with Crippen LogP contribution in [0.15, 0.2) is 23.6 Å². The van der Waals surface area contributed by atoms with Gasteiger partial charge in [0.2, 0.25) is 12.7 Å². The summed E-state index contributed by atoms with van der Waals surface area (Å²) in [6, 6.07) is 7.66. The monoisotopic (exact) mass is 286 g/mol. The van der Waals surface area contributed by atoms with Crippen molar-refractivity contribution in [1.82, 2.24) is 0 Å². The molecule has 1 aromatic heterocycles. The van der Waals surface area contributed by atoms with Gasteiger partial charge < -0.3 is 14.8 Å². The molecule has 0 bridgehead atoms. The van der Waals surface area contributed by atoms with Crippen LogP contribution in [0.2, 0.25) is 0 Å². The standard InChI is InChI=1S/C14H10N2O3S/c1-8(17)16-14-10(5-15)11(6-20-14)9-2-3-12-13(4-9)19-7-18-12/h2-4,6H,7H2,1H3,(H,16,17). The number of ether oxygens (including phenoxy) is 2. The van der Waals surface area contributed by atoms with Gasteiger partial charge in [-0.3, -0.25) is 4.79 Å². The van der Waals surface area contributed by atoms with Crippen molar-refractivity contribution in [3.8, 4) is 28.7 Å². The first kappa shape index (κ1) is 12.5. The minimum atomic E-state index is -0.194. The third kappa shape index (κ3) is 2.08. The summed E-state index contributed by atoms with van der Waals surface area (Å²) in [4.78, 5) is 11.1. The molecule has 6 heteroatoms. The van der Waals surface area contributed by atoms with E-state index in [0.717, 1.165) is 11.1 Å². The Bertz CT molecular complexity index is 731. The number of amides is 1. The van der Waals surface area contributed by atoms with Crippen molar-refractivity contribution in [3.05, 3.63) is 29.1 Å². The largest absolute Gasteiger partial charge is 0.454 e. The Kier molecular flexibility index (Phi) is 3.05. The second-order valence-electron chi connectivity index (χ2n) is 4.21. The molecular formula is C14H10N2O3S. The average molecular weight is 286 g/mol. The van der Waals surface area contributed by atoms with Gasteiger partial charge in [0.15, 0.2) is 11.5 Å². The van der Waals surface area contributed by atoms with E-state index in [0.29, 0.717) is 22.1 Å². The molecule has 2 heterocycles. The Labute approximate surface area is 119 Å². The van der Waals surface area contributed by atoms with Crippen LogP contribution in [0, 0.1) is 11.3 Å². The van der Waals surface area contributed by atoms with Crippen molar-refractivity contribution >= 4 is 22.2 Å². The van der Waals surface area contributed by atoms with Gasteiger partial charge in [0.25, 0.3) is 0 Å². The quantitative estimate of drug-likeness (QED) is 0.921. The van der Waals surface area contributed by atoms with E-state index in [2.05, 4.69) is 11.4 Å². The highest BCUT2D eigenvalue weighted by molar-refractivity contribution is 7.15. The molecule has 0 unspecified atom stereocenters. The number of anilines is 1. The SMILES string of the molecule is CC(=O)Nc1scc(-c2ccc3c(c2)OCO3)c1C#N. The third-order valence-corrected chi connectivity index (χ3v) is 3.77. The predicted octanol–water partition coefficient (Wildman–Crippen LogP) is 2.97. The second-order valence-corrected chi connectivity index (χ2v) is 5.09. The normalized spacial score (nSPS) is 12.0. The molecule has 5 nitrogen and oxygen atoms in total. The summed E-state index contributed by atoms with van der Waals surface area (Å²) in [5.41, 5.74) is 2.10. The first-order chi connectivity index (χ1) is 9.69. The van der Waals surface area contributed by atoms with Gasteiger partial charge in [-0.1, -0.05) is 6.07 Å². The molecule has 0 radical (unpaired) electrons. The molecule has 0 aliphatic carbocycles. The molecule has 20 heavy (non-hydrogen) atoms. The first-order valence-electron chi connectivity index (χ1n) is 5.88. The fourth-order valence-corrected chi connectivity index (χ4v) is 2.96. The van der Waals surface area contributed by atoms with Crippen LogP contribution in [0.3, 0.4) is 0 Å². The van der Waals surface area contributed by atoms with E-state index in [4.69, 9.17) is 9.47 Å². The Morgan fingerprint density at radius 3 is 2.95 bits per heavy atom. The zero-order chi connectivity index (χ0) is 14.1. The number of thiophene rings is 1. The lowest BCUT2D eigenvalue weighted by atomic mass is 10.0. The van der Waals surface area contributed by atoms with Crippen molar-refractivity contribution in [2.45, 2.75) is 6.92 Å². The lowest BCUT2D eigenvalue weighted by molar-refractivity contribution is -0.114. The molecule has 0 fully saturated rings. The Balaban J connectivity index is 2.04. The van der Waals surface area contributed by atoms with E-state index in [-0.39, 0.29) is 12.7 Å². The number of carbonyl (C=O) groups is 1. The molecule has 2 aromatic rings. The molecule has 1 aliphatic heterocycles. The van der Waals surface area contributed by atoms with Gasteiger partial charge in [0, 0.05) is 17.9 Å². The smallest absolute Gasteiger partial charge is 0.231 e. The van der Waals surface area contributed by atoms with Crippen LogP contribution in [0.25, 0.3) is 11.1 Å². The predicted molar refractivity (Wildman–Crippen MR) is 74.9 cm³/mol. The molecule has 0 saturated carbocycles. The number of rotatable bonds is 2. The Morgan fingerprint density at radius 1 is 1.40 bits per heavy atom. The maximum absolute atomic E-state index is 11.1. The molecule has 1 aliphatic rings. The molecule has 0 atom stereocenters. The third-order valence-electron chi connectivity index (χ3n) is 2.88. The fourth-order valence-electron chi connectivity index (χ4n) is 2.00. The summed E-state index contributed by atoms with van der Waals surface area (Å²) in [6.45, 7) is 1.63. The molecule has 0 spiro atoms. The minimum absolute atomic E-state index is 0.194. The summed E-state index contributed by atoms with van der Waals surface area (Å²) in [6.07, 6.45) is 0. The summed E-state index contributed by atoms with van der Waals surface area (Å²) in [5.74, 6) is 1.17. The van der Waals surface area contributed by atoms with Crippen LogP contribution in [0.4, 0.5) is 5.00 Å². The first-order valence-corrected chi connectivity index (χ1v) is 6.76. The van der Waals surface area contributed by atoms with Crippen LogP contribution in [0.1, 0.15) is 12.5 Å². The van der Waals surface area contributed by atoms with Crippen molar-refractivity contribution < 1.29 is 14.3 Å². The number of benzene rings is 1. The molecule has 1 amide bonds. The highest BCUT2D eigenvalue weighted by Gasteiger charge is 2.18. The van der Waals surface area contributed by atoms with Gasteiger partial charge in [-0.05, 0) is 17.7 Å². The van der Waals surface area contributed by atoms with Crippen LogP contribution in [-0.2, 0) is 4.79 Å². The van der Waals surface area contributed by atoms with E-state index < -0.39 is 0 Å². The van der Waals surface area contributed by atoms with E-state index in [1.165, 1.54) is 18.3 Å². The number of nitrogens with one attached hydrogen (secondary N) is 1. The maximum Gasteiger partial charge on any atom is 0.231 e. The van der Waals surface area contributed by atoms with E-state index in [1.54, 1.807) is 0 Å². The highest BCUT2D eigenvalue weighted by atomic mass is 32.1. The van der Waals surface area contributed by atoms with Gasteiger partial charge >= 0.3 is 0 Å². The van der Waals surface area contributed by atoms with Crippen LogP contribution in [-0.4, -0.2) is 12.7 Å². The maximum atomic E-state index is 11.1. The summed E-state index contributed by atoms with van der Waals surface area (Å²) in [5, 5.41) is 14.4. The lowest BCUT2D eigenvalue weighted by Crippen LogP contribution is -2.05. The Morgan fingerprint density at radius 2 is 2.20 bits per heavy atom. The van der Waals surface area contributed by atoms with E-state index in [9.17, 15) is 10.1 Å². The number of hydrogen-bond acceptors (Lipinski definition) is 5. The fraction of sp³-hybridized carbons (Fsp3) is 0.143. The van der Waals surface area contributed by atoms with Crippen molar-refractivity contribution in [2.75, 3.05) is 12.1 Å². The van der Waals surface area contributed by atoms with Gasteiger partial charge in [-0.15, -0.1) is 11.3 Å². The highest BCUT2D eigenvalue weighted by Crippen LogP contribution is 2.40. The summed E-state index contributed by atoms with van der Waals surface area (Å²) in [7, 11) is 0. The van der Waals surface area contributed by atoms with Gasteiger partial charge in [-0.2, -0.15) is 5.26 Å². The van der Waals surface area contributed by atoms with Crippen molar-refractivity contribution in [2.24, 2.45) is 0 Å². The summed E-state index contributed by atoms with van der Waals surface area (Å²) < 4.78 is 10.6. The molecule has 100 valence electrons. The van der Waals surface area contributed by atoms with Gasteiger partial charge in [0.1, 0.15) is 11.1 Å². The molecular weight excluding hydrogens is 276 g/mol. The second kappa shape index (κ2) is 4.87. The zero-order valence-corrected chi connectivity index (χ0v) is 11.4. The average Bonchev–Trinajstić information content (AvgIpc) is 3.02.